The first-order valence-electron chi connectivity index (χ1n) is 8.63. The zero-order chi connectivity index (χ0) is 18.9. The molecule has 0 amide bonds. The van der Waals surface area contributed by atoms with E-state index in [-0.39, 0.29) is 5.75 Å². The molecule has 4 rings (SSSR count). The third-order valence-electron chi connectivity index (χ3n) is 4.40. The van der Waals surface area contributed by atoms with Crippen LogP contribution >= 0.6 is 0 Å². The van der Waals surface area contributed by atoms with Gasteiger partial charge in [0.2, 0.25) is 0 Å². The Hall–Kier alpha value is -3.03. The van der Waals surface area contributed by atoms with E-state index in [9.17, 15) is 13.2 Å². The van der Waals surface area contributed by atoms with E-state index in [2.05, 4.69) is 15.0 Å². The monoisotopic (exact) mass is 374 g/mol. The van der Waals surface area contributed by atoms with Crippen LogP contribution in [0.25, 0.3) is 16.9 Å². The molecule has 140 valence electrons. The molecule has 0 atom stereocenters. The summed E-state index contributed by atoms with van der Waals surface area (Å²) in [6.07, 6.45) is 1.70. The van der Waals surface area contributed by atoms with Gasteiger partial charge in [0, 0.05) is 30.1 Å². The van der Waals surface area contributed by atoms with Gasteiger partial charge in [0.25, 0.3) is 0 Å². The van der Waals surface area contributed by atoms with E-state index in [0.717, 1.165) is 48.4 Å². The third kappa shape index (κ3) is 3.74. The van der Waals surface area contributed by atoms with Crippen molar-refractivity contribution in [3.63, 3.8) is 0 Å². The van der Waals surface area contributed by atoms with Crippen molar-refractivity contribution in [2.75, 3.05) is 11.9 Å². The molecular formula is C19H17F3N4O. The first-order chi connectivity index (χ1) is 13.0. The van der Waals surface area contributed by atoms with Gasteiger partial charge in [-0.25, -0.2) is 4.68 Å². The molecule has 1 aliphatic rings. The molecule has 27 heavy (non-hydrogen) atoms. The van der Waals surface area contributed by atoms with Crippen molar-refractivity contribution in [1.82, 2.24) is 14.8 Å². The Bertz CT molecular complexity index is 921. The van der Waals surface area contributed by atoms with Gasteiger partial charge in [-0.2, -0.15) is 5.10 Å². The first-order valence-corrected chi connectivity index (χ1v) is 8.63. The fourth-order valence-corrected chi connectivity index (χ4v) is 3.22. The predicted octanol–water partition coefficient (Wildman–Crippen LogP) is 4.58. The van der Waals surface area contributed by atoms with Gasteiger partial charge in [-0.15, -0.1) is 13.2 Å². The van der Waals surface area contributed by atoms with Gasteiger partial charge >= 0.3 is 6.36 Å². The van der Waals surface area contributed by atoms with Crippen molar-refractivity contribution >= 4 is 5.82 Å². The summed E-state index contributed by atoms with van der Waals surface area (Å²) in [5.74, 6) is 0.621. The average Bonchev–Trinajstić information content (AvgIpc) is 2.83. The van der Waals surface area contributed by atoms with Gasteiger partial charge in [0.1, 0.15) is 11.6 Å². The summed E-state index contributed by atoms with van der Waals surface area (Å²) in [7, 11) is 0. The van der Waals surface area contributed by atoms with Crippen LogP contribution in [0.4, 0.5) is 19.0 Å². The maximum absolute atomic E-state index is 12.4. The molecule has 0 aliphatic carbocycles. The zero-order valence-corrected chi connectivity index (χ0v) is 14.3. The number of halogens is 3. The van der Waals surface area contributed by atoms with Gasteiger partial charge < -0.3 is 10.1 Å². The van der Waals surface area contributed by atoms with E-state index in [1.54, 1.807) is 29.2 Å². The summed E-state index contributed by atoms with van der Waals surface area (Å²) >= 11 is 0. The summed E-state index contributed by atoms with van der Waals surface area (Å²) in [4.78, 5) is 4.05. The van der Waals surface area contributed by atoms with Gasteiger partial charge in [-0.05, 0) is 55.7 Å². The van der Waals surface area contributed by atoms with Crippen LogP contribution in [-0.2, 0) is 6.42 Å². The van der Waals surface area contributed by atoms with Gasteiger partial charge in [-0.1, -0.05) is 0 Å². The van der Waals surface area contributed by atoms with Crippen LogP contribution in [0.2, 0.25) is 0 Å². The molecule has 3 aromatic rings. The Labute approximate surface area is 153 Å². The smallest absolute Gasteiger partial charge is 0.406 e. The minimum absolute atomic E-state index is 0.258. The van der Waals surface area contributed by atoms with Crippen molar-refractivity contribution in [3.05, 3.63) is 54.4 Å². The lowest BCUT2D eigenvalue weighted by Gasteiger charge is -2.11. The summed E-state index contributed by atoms with van der Waals surface area (Å²) in [5, 5.41) is 8.15. The number of anilines is 1. The molecule has 3 heterocycles. The molecule has 0 unspecified atom stereocenters. The topological polar surface area (TPSA) is 52.0 Å². The van der Waals surface area contributed by atoms with Crippen LogP contribution in [0.15, 0.2) is 48.8 Å². The van der Waals surface area contributed by atoms with Crippen LogP contribution in [0.1, 0.15) is 18.4 Å². The highest BCUT2D eigenvalue weighted by molar-refractivity contribution is 5.71. The lowest BCUT2D eigenvalue weighted by atomic mass is 10.0. The number of benzene rings is 1. The Kier molecular flexibility index (Phi) is 4.47. The van der Waals surface area contributed by atoms with Gasteiger partial charge in [-0.3, -0.25) is 4.98 Å². The number of rotatable bonds is 3. The Morgan fingerprint density at radius 3 is 2.44 bits per heavy atom. The lowest BCUT2D eigenvalue weighted by Crippen LogP contribution is -2.17. The van der Waals surface area contributed by atoms with Crippen LogP contribution in [0, 0.1) is 0 Å². The quantitative estimate of drug-likeness (QED) is 0.729. The number of ether oxygens (including phenoxy) is 1. The maximum Gasteiger partial charge on any atom is 0.573 e. The second-order valence-corrected chi connectivity index (χ2v) is 6.25. The van der Waals surface area contributed by atoms with E-state index in [4.69, 9.17) is 5.10 Å². The van der Waals surface area contributed by atoms with Crippen LogP contribution in [0.5, 0.6) is 5.75 Å². The van der Waals surface area contributed by atoms with Gasteiger partial charge in [0.15, 0.2) is 0 Å². The minimum Gasteiger partial charge on any atom is -0.406 e. The largest absolute Gasteiger partial charge is 0.573 e. The molecule has 5 nitrogen and oxygen atoms in total. The molecule has 1 N–H and O–H groups in total. The summed E-state index contributed by atoms with van der Waals surface area (Å²) in [6.45, 7) is 0.823. The number of nitrogens with zero attached hydrogens (tertiary/aromatic N) is 3. The summed E-state index contributed by atoms with van der Waals surface area (Å²) in [5.41, 5.74) is 3.59. The molecule has 0 fully saturated rings. The summed E-state index contributed by atoms with van der Waals surface area (Å²) in [6, 6.07) is 9.52. The Morgan fingerprint density at radius 2 is 1.74 bits per heavy atom. The average molecular weight is 374 g/mol. The number of hydrogen-bond acceptors (Lipinski definition) is 4. The molecule has 2 aromatic heterocycles. The Morgan fingerprint density at radius 1 is 1.00 bits per heavy atom. The number of fused-ring (bicyclic) bond motifs is 1. The van der Waals surface area contributed by atoms with Crippen LogP contribution in [-0.4, -0.2) is 27.7 Å². The van der Waals surface area contributed by atoms with E-state index in [0.29, 0.717) is 5.69 Å². The number of alkyl halides is 3. The summed E-state index contributed by atoms with van der Waals surface area (Å²) < 4.78 is 42.8. The highest BCUT2D eigenvalue weighted by Gasteiger charge is 2.31. The van der Waals surface area contributed by atoms with E-state index >= 15 is 0 Å². The maximum atomic E-state index is 12.4. The number of pyridine rings is 1. The van der Waals surface area contributed by atoms with E-state index < -0.39 is 6.36 Å². The molecule has 0 radical (unpaired) electrons. The SMILES string of the molecule is FC(F)(F)Oc1ccc(-n2nc(-c3ccncc3)c3c2NCCCC3)cc1. The van der Waals surface area contributed by atoms with Crippen molar-refractivity contribution in [2.24, 2.45) is 0 Å². The molecule has 0 spiro atoms. The van der Waals surface area contributed by atoms with Crippen LogP contribution in [0.3, 0.4) is 0 Å². The fourth-order valence-electron chi connectivity index (χ4n) is 3.22. The molecule has 0 saturated carbocycles. The minimum atomic E-state index is -4.71. The van der Waals surface area contributed by atoms with Crippen LogP contribution < -0.4 is 10.1 Å². The number of aromatic nitrogens is 3. The van der Waals surface area contributed by atoms with Crippen molar-refractivity contribution in [2.45, 2.75) is 25.6 Å². The third-order valence-corrected chi connectivity index (χ3v) is 4.40. The highest BCUT2D eigenvalue weighted by atomic mass is 19.4. The Balaban J connectivity index is 1.76. The van der Waals surface area contributed by atoms with Crippen molar-refractivity contribution in [3.8, 4) is 22.7 Å². The molecule has 8 heteroatoms. The number of hydrogen-bond donors (Lipinski definition) is 1. The van der Waals surface area contributed by atoms with Crippen molar-refractivity contribution < 1.29 is 17.9 Å². The predicted molar refractivity (Wildman–Crippen MR) is 94.9 cm³/mol. The van der Waals surface area contributed by atoms with E-state index in [1.807, 2.05) is 12.1 Å². The molecule has 0 bridgehead atoms. The number of nitrogens with one attached hydrogen (secondary N) is 1. The molecule has 1 aromatic carbocycles. The second-order valence-electron chi connectivity index (χ2n) is 6.25. The second kappa shape index (κ2) is 6.94. The first kappa shape index (κ1) is 17.4. The normalized spacial score (nSPS) is 14.2. The van der Waals surface area contributed by atoms with E-state index in [1.165, 1.54) is 12.1 Å². The molecule has 1 aliphatic heterocycles. The van der Waals surface area contributed by atoms with Gasteiger partial charge in [0.05, 0.1) is 11.4 Å². The highest BCUT2D eigenvalue weighted by Crippen LogP contribution is 2.34. The lowest BCUT2D eigenvalue weighted by molar-refractivity contribution is -0.274. The molecule has 0 saturated heterocycles. The zero-order valence-electron chi connectivity index (χ0n) is 14.3. The standard InChI is InChI=1S/C19H17F3N4O/c20-19(21,22)27-15-6-4-14(5-7-15)26-18-16(3-1-2-10-24-18)17(25-26)13-8-11-23-12-9-13/h4-9,11-12,24H,1-3,10H2. The molecular weight excluding hydrogens is 357 g/mol. The van der Waals surface area contributed by atoms with Crippen molar-refractivity contribution in [1.29, 1.82) is 0 Å². The fraction of sp³-hybridized carbons (Fsp3) is 0.263.